The van der Waals surface area contributed by atoms with Crippen LogP contribution in [0.2, 0.25) is 0 Å². The average molecular weight is 144 g/mol. The molecular weight excluding hydrogens is 136 g/mol. The second-order valence-corrected chi connectivity index (χ2v) is 2.34. The SMILES string of the molecule is C#Cc1cc(C=O)ccc1C. The molecule has 1 aromatic carbocycles. The van der Waals surface area contributed by atoms with Crippen molar-refractivity contribution >= 4 is 6.29 Å². The fourth-order valence-electron chi connectivity index (χ4n) is 0.868. The molecule has 0 aliphatic heterocycles. The van der Waals surface area contributed by atoms with E-state index < -0.39 is 0 Å². The highest BCUT2D eigenvalue weighted by atomic mass is 16.1. The number of aldehydes is 1. The van der Waals surface area contributed by atoms with Gasteiger partial charge >= 0.3 is 0 Å². The lowest BCUT2D eigenvalue weighted by molar-refractivity contribution is 0.112. The van der Waals surface area contributed by atoms with Gasteiger partial charge in [0.2, 0.25) is 0 Å². The molecule has 11 heavy (non-hydrogen) atoms. The summed E-state index contributed by atoms with van der Waals surface area (Å²) in [5.41, 5.74) is 2.44. The molecule has 0 N–H and O–H groups in total. The molecule has 0 aliphatic rings. The third kappa shape index (κ3) is 1.47. The lowest BCUT2D eigenvalue weighted by Gasteiger charge is -1.97. The van der Waals surface area contributed by atoms with Gasteiger partial charge in [0.1, 0.15) is 6.29 Å². The maximum absolute atomic E-state index is 10.3. The first-order chi connectivity index (χ1) is 5.27. The predicted molar refractivity (Wildman–Crippen MR) is 44.5 cm³/mol. The van der Waals surface area contributed by atoms with Crippen LogP contribution in [-0.4, -0.2) is 6.29 Å². The van der Waals surface area contributed by atoms with Crippen LogP contribution < -0.4 is 0 Å². The molecule has 1 aromatic rings. The Kier molecular flexibility index (Phi) is 2.08. The fourth-order valence-corrected chi connectivity index (χ4v) is 0.868. The summed E-state index contributed by atoms with van der Waals surface area (Å²) in [7, 11) is 0. The number of aryl methyl sites for hydroxylation is 1. The number of benzene rings is 1. The molecule has 0 amide bonds. The summed E-state index contributed by atoms with van der Waals surface area (Å²) in [5, 5.41) is 0. The van der Waals surface area contributed by atoms with Crippen molar-refractivity contribution in [2.24, 2.45) is 0 Å². The van der Waals surface area contributed by atoms with E-state index in [1.54, 1.807) is 12.1 Å². The van der Waals surface area contributed by atoms with Crippen molar-refractivity contribution in [3.05, 3.63) is 34.9 Å². The van der Waals surface area contributed by atoms with Gasteiger partial charge in [-0.25, -0.2) is 0 Å². The summed E-state index contributed by atoms with van der Waals surface area (Å²) < 4.78 is 0. The van der Waals surface area contributed by atoms with Gasteiger partial charge < -0.3 is 0 Å². The Labute approximate surface area is 66.1 Å². The van der Waals surface area contributed by atoms with Crippen LogP contribution in [0.15, 0.2) is 18.2 Å². The van der Waals surface area contributed by atoms with Crippen molar-refractivity contribution in [2.75, 3.05) is 0 Å². The molecule has 0 bridgehead atoms. The van der Waals surface area contributed by atoms with E-state index in [1.807, 2.05) is 13.0 Å². The lowest BCUT2D eigenvalue weighted by atomic mass is 10.1. The first kappa shape index (κ1) is 7.56. The number of hydrogen-bond acceptors (Lipinski definition) is 1. The van der Waals surface area contributed by atoms with Crippen molar-refractivity contribution in [1.82, 2.24) is 0 Å². The van der Waals surface area contributed by atoms with Crippen molar-refractivity contribution < 1.29 is 4.79 Å². The number of rotatable bonds is 1. The summed E-state index contributed by atoms with van der Waals surface area (Å²) in [6.07, 6.45) is 6.00. The Morgan fingerprint density at radius 3 is 2.82 bits per heavy atom. The largest absolute Gasteiger partial charge is 0.298 e. The van der Waals surface area contributed by atoms with Gasteiger partial charge in [-0.1, -0.05) is 18.1 Å². The van der Waals surface area contributed by atoms with E-state index in [0.717, 1.165) is 17.4 Å². The maximum Gasteiger partial charge on any atom is 0.150 e. The van der Waals surface area contributed by atoms with Crippen LogP contribution in [0, 0.1) is 19.3 Å². The number of carbonyl (C=O) groups excluding carboxylic acids is 1. The highest BCUT2D eigenvalue weighted by molar-refractivity contribution is 5.75. The van der Waals surface area contributed by atoms with Crippen LogP contribution in [0.1, 0.15) is 21.5 Å². The minimum Gasteiger partial charge on any atom is -0.298 e. The van der Waals surface area contributed by atoms with Gasteiger partial charge in [-0.15, -0.1) is 6.42 Å². The second-order valence-electron chi connectivity index (χ2n) is 2.34. The topological polar surface area (TPSA) is 17.1 Å². The third-order valence-electron chi connectivity index (χ3n) is 1.55. The minimum atomic E-state index is 0.628. The summed E-state index contributed by atoms with van der Waals surface area (Å²) in [6.45, 7) is 1.92. The Bertz CT molecular complexity index is 318. The molecule has 1 nitrogen and oxygen atoms in total. The third-order valence-corrected chi connectivity index (χ3v) is 1.55. The van der Waals surface area contributed by atoms with Crippen molar-refractivity contribution in [3.63, 3.8) is 0 Å². The quantitative estimate of drug-likeness (QED) is 0.434. The molecular formula is C10H8O. The van der Waals surface area contributed by atoms with E-state index >= 15 is 0 Å². The predicted octanol–water partition coefficient (Wildman–Crippen LogP) is 1.79. The van der Waals surface area contributed by atoms with Crippen LogP contribution in [-0.2, 0) is 0 Å². The van der Waals surface area contributed by atoms with E-state index in [4.69, 9.17) is 6.42 Å². The van der Waals surface area contributed by atoms with Gasteiger partial charge in [-0.3, -0.25) is 4.79 Å². The van der Waals surface area contributed by atoms with E-state index in [0.29, 0.717) is 5.56 Å². The summed E-state index contributed by atoms with van der Waals surface area (Å²) in [6, 6.07) is 5.31. The molecule has 0 saturated carbocycles. The molecule has 0 unspecified atom stereocenters. The lowest BCUT2D eigenvalue weighted by Crippen LogP contribution is -1.85. The molecule has 1 rings (SSSR count). The van der Waals surface area contributed by atoms with Crippen LogP contribution in [0.3, 0.4) is 0 Å². The van der Waals surface area contributed by atoms with Crippen LogP contribution in [0.5, 0.6) is 0 Å². The number of terminal acetylenes is 1. The molecule has 0 aliphatic carbocycles. The Morgan fingerprint density at radius 1 is 1.55 bits per heavy atom. The monoisotopic (exact) mass is 144 g/mol. The molecule has 0 atom stereocenters. The zero-order valence-electron chi connectivity index (χ0n) is 6.29. The van der Waals surface area contributed by atoms with Crippen molar-refractivity contribution in [3.8, 4) is 12.3 Å². The molecule has 0 radical (unpaired) electrons. The highest BCUT2D eigenvalue weighted by Gasteiger charge is 1.95. The normalized spacial score (nSPS) is 8.73. The van der Waals surface area contributed by atoms with Crippen molar-refractivity contribution in [2.45, 2.75) is 6.92 Å². The van der Waals surface area contributed by atoms with E-state index in [9.17, 15) is 4.79 Å². The molecule has 0 aromatic heterocycles. The second kappa shape index (κ2) is 3.03. The standard InChI is InChI=1S/C10H8O/c1-3-10-6-9(7-11)5-4-8(10)2/h1,4-7H,2H3. The maximum atomic E-state index is 10.3. The highest BCUT2D eigenvalue weighted by Crippen LogP contribution is 2.07. The summed E-state index contributed by atoms with van der Waals surface area (Å²) in [5.74, 6) is 2.51. The average Bonchev–Trinajstić information content (AvgIpc) is 2.05. The summed E-state index contributed by atoms with van der Waals surface area (Å²) >= 11 is 0. The minimum absolute atomic E-state index is 0.628. The van der Waals surface area contributed by atoms with Crippen LogP contribution in [0.4, 0.5) is 0 Å². The molecule has 0 saturated heterocycles. The van der Waals surface area contributed by atoms with Gasteiger partial charge in [-0.2, -0.15) is 0 Å². The van der Waals surface area contributed by atoms with Gasteiger partial charge in [0.25, 0.3) is 0 Å². The Hall–Kier alpha value is -1.55. The summed E-state index contributed by atoms with van der Waals surface area (Å²) in [4.78, 5) is 10.3. The molecule has 0 spiro atoms. The van der Waals surface area contributed by atoms with Gasteiger partial charge in [-0.05, 0) is 18.6 Å². The molecule has 1 heteroatoms. The Morgan fingerprint density at radius 2 is 2.27 bits per heavy atom. The molecule has 0 heterocycles. The zero-order chi connectivity index (χ0) is 8.27. The first-order valence-corrected chi connectivity index (χ1v) is 3.30. The van der Waals surface area contributed by atoms with Gasteiger partial charge in [0.05, 0.1) is 0 Å². The van der Waals surface area contributed by atoms with Crippen LogP contribution in [0.25, 0.3) is 0 Å². The van der Waals surface area contributed by atoms with E-state index in [2.05, 4.69) is 5.92 Å². The van der Waals surface area contributed by atoms with Gasteiger partial charge in [0, 0.05) is 11.1 Å². The smallest absolute Gasteiger partial charge is 0.150 e. The molecule has 54 valence electrons. The van der Waals surface area contributed by atoms with E-state index in [-0.39, 0.29) is 0 Å². The zero-order valence-corrected chi connectivity index (χ0v) is 6.29. The number of hydrogen-bond donors (Lipinski definition) is 0. The van der Waals surface area contributed by atoms with Crippen LogP contribution >= 0.6 is 0 Å². The number of carbonyl (C=O) groups is 1. The van der Waals surface area contributed by atoms with Crippen molar-refractivity contribution in [1.29, 1.82) is 0 Å². The van der Waals surface area contributed by atoms with Gasteiger partial charge in [0.15, 0.2) is 0 Å². The molecule has 0 fully saturated rings. The first-order valence-electron chi connectivity index (χ1n) is 3.30. The van der Waals surface area contributed by atoms with E-state index in [1.165, 1.54) is 0 Å². The fraction of sp³-hybridized carbons (Fsp3) is 0.100. The Balaban J connectivity index is 3.25.